The lowest BCUT2D eigenvalue weighted by molar-refractivity contribution is 0.0692. The highest BCUT2D eigenvalue weighted by Crippen LogP contribution is 2.26. The Bertz CT molecular complexity index is 659. The molecule has 0 atom stereocenters. The lowest BCUT2D eigenvalue weighted by atomic mass is 10.1. The van der Waals surface area contributed by atoms with Gasteiger partial charge in [0.25, 0.3) is 0 Å². The Morgan fingerprint density at radius 1 is 1.32 bits per heavy atom. The van der Waals surface area contributed by atoms with Gasteiger partial charge in [0.05, 0.1) is 12.3 Å². The van der Waals surface area contributed by atoms with E-state index in [-0.39, 0.29) is 5.56 Å². The predicted molar refractivity (Wildman–Crippen MR) is 84.4 cm³/mol. The number of anilines is 1. The normalized spacial score (nSPS) is 10.3. The fourth-order valence-electron chi connectivity index (χ4n) is 1.98. The summed E-state index contributed by atoms with van der Waals surface area (Å²) in [6.45, 7) is 5.07. The molecular formula is C16H19N3O3. The second-order valence-electron chi connectivity index (χ2n) is 4.64. The maximum absolute atomic E-state index is 11.4. The maximum Gasteiger partial charge on any atom is 0.339 e. The van der Waals surface area contributed by atoms with Gasteiger partial charge in [-0.3, -0.25) is 0 Å². The fraction of sp³-hybridized carbons (Fsp3) is 0.312. The van der Waals surface area contributed by atoms with Crippen molar-refractivity contribution in [3.8, 4) is 17.0 Å². The van der Waals surface area contributed by atoms with E-state index in [0.29, 0.717) is 29.6 Å². The summed E-state index contributed by atoms with van der Waals surface area (Å²) >= 11 is 0. The molecule has 1 aromatic carbocycles. The number of aromatic carboxylic acids is 1. The third-order valence-corrected chi connectivity index (χ3v) is 2.99. The molecule has 116 valence electrons. The zero-order chi connectivity index (χ0) is 15.9. The van der Waals surface area contributed by atoms with Crippen LogP contribution in [0.4, 0.5) is 5.95 Å². The first-order chi connectivity index (χ1) is 10.7. The first-order valence-electron chi connectivity index (χ1n) is 7.23. The number of hydrogen-bond donors (Lipinski definition) is 2. The van der Waals surface area contributed by atoms with Gasteiger partial charge in [0.1, 0.15) is 11.3 Å². The Labute approximate surface area is 129 Å². The third kappa shape index (κ3) is 3.72. The van der Waals surface area contributed by atoms with E-state index < -0.39 is 5.97 Å². The summed E-state index contributed by atoms with van der Waals surface area (Å²) < 4.78 is 5.34. The zero-order valence-electron chi connectivity index (χ0n) is 12.7. The number of ether oxygens (including phenoxy) is 1. The molecule has 0 radical (unpaired) electrons. The standard InChI is InChI=1S/C16H19N3O3/c1-3-8-17-16-18-9-7-13(19-16)11-5-6-14(22-4-2)12(10-11)15(20)21/h5-7,9-10H,3-4,8H2,1-2H3,(H,20,21)(H,17,18,19). The van der Waals surface area contributed by atoms with Crippen molar-refractivity contribution in [2.24, 2.45) is 0 Å². The molecule has 2 rings (SSSR count). The molecule has 22 heavy (non-hydrogen) atoms. The summed E-state index contributed by atoms with van der Waals surface area (Å²) in [5.41, 5.74) is 1.50. The van der Waals surface area contributed by atoms with Crippen LogP contribution in [0.5, 0.6) is 5.75 Å². The number of nitrogens with zero attached hydrogens (tertiary/aromatic N) is 2. The Balaban J connectivity index is 2.36. The monoisotopic (exact) mass is 301 g/mol. The van der Waals surface area contributed by atoms with E-state index in [1.54, 1.807) is 30.5 Å². The smallest absolute Gasteiger partial charge is 0.339 e. The Morgan fingerprint density at radius 3 is 2.82 bits per heavy atom. The SMILES string of the molecule is CCCNc1nccc(-c2ccc(OCC)c(C(=O)O)c2)n1. The summed E-state index contributed by atoms with van der Waals surface area (Å²) in [5.74, 6) is -0.133. The predicted octanol–water partition coefficient (Wildman–Crippen LogP) is 3.06. The first-order valence-corrected chi connectivity index (χ1v) is 7.23. The second kappa shape index (κ2) is 7.40. The van der Waals surface area contributed by atoms with Gasteiger partial charge in [0, 0.05) is 18.3 Å². The largest absolute Gasteiger partial charge is 0.493 e. The quantitative estimate of drug-likeness (QED) is 0.817. The van der Waals surface area contributed by atoms with Crippen LogP contribution >= 0.6 is 0 Å². The molecule has 6 nitrogen and oxygen atoms in total. The highest BCUT2D eigenvalue weighted by Gasteiger charge is 2.13. The van der Waals surface area contributed by atoms with Crippen LogP contribution in [0.2, 0.25) is 0 Å². The van der Waals surface area contributed by atoms with Crippen LogP contribution < -0.4 is 10.1 Å². The van der Waals surface area contributed by atoms with Crippen LogP contribution in [0.3, 0.4) is 0 Å². The van der Waals surface area contributed by atoms with Crippen molar-refractivity contribution < 1.29 is 14.6 Å². The highest BCUT2D eigenvalue weighted by molar-refractivity contribution is 5.92. The lowest BCUT2D eigenvalue weighted by Crippen LogP contribution is -2.05. The molecule has 0 saturated carbocycles. The highest BCUT2D eigenvalue weighted by atomic mass is 16.5. The number of hydrogen-bond acceptors (Lipinski definition) is 5. The summed E-state index contributed by atoms with van der Waals surface area (Å²) in [4.78, 5) is 19.9. The van der Waals surface area contributed by atoms with E-state index in [9.17, 15) is 9.90 Å². The minimum atomic E-state index is -1.02. The molecule has 0 amide bonds. The molecule has 1 aromatic heterocycles. The maximum atomic E-state index is 11.4. The molecular weight excluding hydrogens is 282 g/mol. The number of rotatable bonds is 7. The number of aromatic nitrogens is 2. The molecule has 0 saturated heterocycles. The topological polar surface area (TPSA) is 84.3 Å². The van der Waals surface area contributed by atoms with Crippen LogP contribution in [0.15, 0.2) is 30.5 Å². The van der Waals surface area contributed by atoms with E-state index in [1.165, 1.54) is 0 Å². The minimum Gasteiger partial charge on any atom is -0.493 e. The van der Waals surface area contributed by atoms with Crippen LogP contribution in [-0.4, -0.2) is 34.2 Å². The molecule has 0 aliphatic heterocycles. The number of carbonyl (C=O) groups is 1. The summed E-state index contributed by atoms with van der Waals surface area (Å²) in [7, 11) is 0. The van der Waals surface area contributed by atoms with Gasteiger partial charge in [-0.15, -0.1) is 0 Å². The van der Waals surface area contributed by atoms with E-state index in [2.05, 4.69) is 22.2 Å². The van der Waals surface area contributed by atoms with Crippen molar-refractivity contribution in [3.05, 3.63) is 36.0 Å². The van der Waals surface area contributed by atoms with Crippen molar-refractivity contribution in [1.29, 1.82) is 0 Å². The van der Waals surface area contributed by atoms with Gasteiger partial charge in [0.15, 0.2) is 0 Å². The average molecular weight is 301 g/mol. The van der Waals surface area contributed by atoms with Crippen molar-refractivity contribution in [3.63, 3.8) is 0 Å². The number of carboxylic acids is 1. The van der Waals surface area contributed by atoms with Gasteiger partial charge < -0.3 is 15.2 Å². The average Bonchev–Trinajstić information content (AvgIpc) is 2.53. The van der Waals surface area contributed by atoms with Crippen LogP contribution in [0.25, 0.3) is 11.3 Å². The van der Waals surface area contributed by atoms with Crippen molar-refractivity contribution in [1.82, 2.24) is 9.97 Å². The Morgan fingerprint density at radius 2 is 2.14 bits per heavy atom. The second-order valence-corrected chi connectivity index (χ2v) is 4.64. The molecule has 0 fully saturated rings. The van der Waals surface area contributed by atoms with Crippen molar-refractivity contribution >= 4 is 11.9 Å². The van der Waals surface area contributed by atoms with Gasteiger partial charge in [-0.1, -0.05) is 6.92 Å². The number of nitrogens with one attached hydrogen (secondary N) is 1. The van der Waals surface area contributed by atoms with Gasteiger partial charge in [-0.2, -0.15) is 0 Å². The number of carboxylic acid groups (broad SMARTS) is 1. The molecule has 2 aromatic rings. The van der Waals surface area contributed by atoms with Gasteiger partial charge in [0.2, 0.25) is 5.95 Å². The van der Waals surface area contributed by atoms with Crippen LogP contribution in [0.1, 0.15) is 30.6 Å². The minimum absolute atomic E-state index is 0.126. The lowest BCUT2D eigenvalue weighted by Gasteiger charge is -2.10. The Kier molecular flexibility index (Phi) is 5.30. The molecule has 0 bridgehead atoms. The first kappa shape index (κ1) is 15.8. The Hall–Kier alpha value is -2.63. The number of benzene rings is 1. The van der Waals surface area contributed by atoms with E-state index in [0.717, 1.165) is 13.0 Å². The molecule has 0 aliphatic rings. The van der Waals surface area contributed by atoms with Crippen molar-refractivity contribution in [2.75, 3.05) is 18.5 Å². The van der Waals surface area contributed by atoms with Crippen LogP contribution in [0, 0.1) is 0 Å². The summed E-state index contributed by atoms with van der Waals surface area (Å²) in [5, 5.41) is 12.4. The molecule has 6 heteroatoms. The molecule has 1 heterocycles. The van der Waals surface area contributed by atoms with Gasteiger partial charge >= 0.3 is 5.97 Å². The third-order valence-electron chi connectivity index (χ3n) is 2.99. The molecule has 0 aliphatic carbocycles. The molecule has 0 unspecified atom stereocenters. The summed E-state index contributed by atoms with van der Waals surface area (Å²) in [6, 6.07) is 6.77. The van der Waals surface area contributed by atoms with Crippen LogP contribution in [-0.2, 0) is 0 Å². The zero-order valence-corrected chi connectivity index (χ0v) is 12.7. The van der Waals surface area contributed by atoms with E-state index in [1.807, 2.05) is 6.92 Å². The fourth-order valence-corrected chi connectivity index (χ4v) is 1.98. The van der Waals surface area contributed by atoms with E-state index >= 15 is 0 Å². The van der Waals surface area contributed by atoms with Crippen molar-refractivity contribution in [2.45, 2.75) is 20.3 Å². The molecule has 2 N–H and O–H groups in total. The van der Waals surface area contributed by atoms with E-state index in [4.69, 9.17) is 4.74 Å². The van der Waals surface area contributed by atoms with Gasteiger partial charge in [-0.25, -0.2) is 14.8 Å². The summed E-state index contributed by atoms with van der Waals surface area (Å²) in [6.07, 6.45) is 2.62. The van der Waals surface area contributed by atoms with Gasteiger partial charge in [-0.05, 0) is 37.6 Å². The molecule has 0 spiro atoms.